The summed E-state index contributed by atoms with van der Waals surface area (Å²) in [4.78, 5) is 9.57. The SMILES string of the molecule is Cl.c1ccc(CN2CCN(C3CCNC3)CC2)nc1. The maximum Gasteiger partial charge on any atom is 0.0543 e. The minimum Gasteiger partial charge on any atom is -0.315 e. The van der Waals surface area contributed by atoms with Crippen LogP contribution in [0.2, 0.25) is 0 Å². The van der Waals surface area contributed by atoms with E-state index in [0.717, 1.165) is 12.6 Å². The highest BCUT2D eigenvalue weighted by Gasteiger charge is 2.25. The fourth-order valence-electron chi connectivity index (χ4n) is 2.96. The van der Waals surface area contributed by atoms with E-state index in [4.69, 9.17) is 0 Å². The van der Waals surface area contributed by atoms with Crippen molar-refractivity contribution in [2.45, 2.75) is 19.0 Å². The molecule has 2 saturated heterocycles. The Hall–Kier alpha value is -0.680. The number of hydrogen-bond donors (Lipinski definition) is 1. The summed E-state index contributed by atoms with van der Waals surface area (Å²) in [6, 6.07) is 6.95. The van der Waals surface area contributed by atoms with Crippen molar-refractivity contribution >= 4 is 12.4 Å². The van der Waals surface area contributed by atoms with Gasteiger partial charge in [-0.25, -0.2) is 0 Å². The number of nitrogens with one attached hydrogen (secondary N) is 1. The average molecular weight is 283 g/mol. The van der Waals surface area contributed by atoms with Crippen molar-refractivity contribution in [2.24, 2.45) is 0 Å². The van der Waals surface area contributed by atoms with Gasteiger partial charge in [0.15, 0.2) is 0 Å². The molecule has 3 heterocycles. The zero-order valence-electron chi connectivity index (χ0n) is 11.3. The van der Waals surface area contributed by atoms with Crippen LogP contribution in [0.4, 0.5) is 0 Å². The summed E-state index contributed by atoms with van der Waals surface area (Å²) < 4.78 is 0. The van der Waals surface area contributed by atoms with Crippen LogP contribution in [0.25, 0.3) is 0 Å². The van der Waals surface area contributed by atoms with Crippen LogP contribution in [0, 0.1) is 0 Å². The van der Waals surface area contributed by atoms with Crippen molar-refractivity contribution in [3.8, 4) is 0 Å². The molecule has 106 valence electrons. The third-order valence-electron chi connectivity index (χ3n) is 4.07. The van der Waals surface area contributed by atoms with Gasteiger partial charge in [-0.15, -0.1) is 12.4 Å². The molecule has 4 nitrogen and oxygen atoms in total. The molecule has 2 aliphatic rings. The number of hydrogen-bond acceptors (Lipinski definition) is 4. The second-order valence-corrected chi connectivity index (χ2v) is 5.28. The molecule has 1 unspecified atom stereocenters. The van der Waals surface area contributed by atoms with Crippen LogP contribution in [-0.2, 0) is 6.54 Å². The van der Waals surface area contributed by atoms with E-state index in [2.05, 4.69) is 32.2 Å². The van der Waals surface area contributed by atoms with Gasteiger partial charge in [-0.2, -0.15) is 0 Å². The molecule has 0 bridgehead atoms. The van der Waals surface area contributed by atoms with E-state index in [1.807, 2.05) is 12.3 Å². The van der Waals surface area contributed by atoms with Crippen LogP contribution in [0.3, 0.4) is 0 Å². The van der Waals surface area contributed by atoms with Crippen molar-refractivity contribution in [1.82, 2.24) is 20.1 Å². The molecule has 0 spiro atoms. The summed E-state index contributed by atoms with van der Waals surface area (Å²) in [7, 11) is 0. The van der Waals surface area contributed by atoms with Crippen LogP contribution in [0.15, 0.2) is 24.4 Å². The van der Waals surface area contributed by atoms with Crippen LogP contribution in [-0.4, -0.2) is 60.1 Å². The molecule has 2 fully saturated rings. The Labute approximate surface area is 121 Å². The van der Waals surface area contributed by atoms with E-state index in [1.165, 1.54) is 51.4 Å². The van der Waals surface area contributed by atoms with Gasteiger partial charge in [-0.05, 0) is 25.1 Å². The normalized spacial score (nSPS) is 25.2. The molecule has 1 N–H and O–H groups in total. The van der Waals surface area contributed by atoms with E-state index in [0.29, 0.717) is 0 Å². The maximum atomic E-state index is 4.40. The largest absolute Gasteiger partial charge is 0.315 e. The summed E-state index contributed by atoms with van der Waals surface area (Å²) >= 11 is 0. The number of pyridine rings is 1. The molecule has 0 saturated carbocycles. The molecule has 1 aromatic heterocycles. The van der Waals surface area contributed by atoms with Gasteiger partial charge in [0.05, 0.1) is 5.69 Å². The van der Waals surface area contributed by atoms with Crippen LogP contribution < -0.4 is 5.32 Å². The quantitative estimate of drug-likeness (QED) is 0.896. The first kappa shape index (κ1) is 14.7. The van der Waals surface area contributed by atoms with Gasteiger partial charge >= 0.3 is 0 Å². The molecule has 2 aliphatic heterocycles. The number of nitrogens with zero attached hydrogens (tertiary/aromatic N) is 3. The van der Waals surface area contributed by atoms with Crippen LogP contribution in [0.5, 0.6) is 0 Å². The van der Waals surface area contributed by atoms with Crippen LogP contribution >= 0.6 is 12.4 Å². The first-order chi connectivity index (χ1) is 8.92. The second kappa shape index (κ2) is 7.20. The minimum absolute atomic E-state index is 0. The Morgan fingerprint density at radius 3 is 2.68 bits per heavy atom. The standard InChI is InChI=1S/C14H22N4.ClH/c1-2-5-16-13(3-1)12-17-7-9-18(10-8-17)14-4-6-15-11-14;/h1-3,5,14-15H,4,6-12H2;1H. The Kier molecular flexibility index (Phi) is 5.58. The fraction of sp³-hybridized carbons (Fsp3) is 0.643. The van der Waals surface area contributed by atoms with Gasteiger partial charge in [0, 0.05) is 51.5 Å². The zero-order valence-corrected chi connectivity index (χ0v) is 12.1. The van der Waals surface area contributed by atoms with Crippen LogP contribution in [0.1, 0.15) is 12.1 Å². The lowest BCUT2D eigenvalue weighted by atomic mass is 10.2. The number of aromatic nitrogens is 1. The molecule has 19 heavy (non-hydrogen) atoms. The lowest BCUT2D eigenvalue weighted by Crippen LogP contribution is -2.50. The lowest BCUT2D eigenvalue weighted by Gasteiger charge is -2.37. The maximum absolute atomic E-state index is 4.40. The van der Waals surface area contributed by atoms with Gasteiger partial charge in [-0.3, -0.25) is 14.8 Å². The Balaban J connectivity index is 0.00000133. The zero-order chi connectivity index (χ0) is 12.2. The molecule has 5 heteroatoms. The van der Waals surface area contributed by atoms with Gasteiger partial charge in [0.1, 0.15) is 0 Å². The highest BCUT2D eigenvalue weighted by atomic mass is 35.5. The molecule has 0 aliphatic carbocycles. The van der Waals surface area contributed by atoms with Crippen molar-refractivity contribution in [1.29, 1.82) is 0 Å². The highest BCUT2D eigenvalue weighted by Crippen LogP contribution is 2.13. The fourth-order valence-corrected chi connectivity index (χ4v) is 2.96. The molecular weight excluding hydrogens is 260 g/mol. The third-order valence-corrected chi connectivity index (χ3v) is 4.07. The van der Waals surface area contributed by atoms with E-state index >= 15 is 0 Å². The second-order valence-electron chi connectivity index (χ2n) is 5.28. The van der Waals surface area contributed by atoms with Gasteiger partial charge in [0.25, 0.3) is 0 Å². The van der Waals surface area contributed by atoms with Gasteiger partial charge in [0.2, 0.25) is 0 Å². The summed E-state index contributed by atoms with van der Waals surface area (Å²) in [5.41, 5.74) is 1.19. The molecular formula is C14H23ClN4. The Bertz CT molecular complexity index is 359. The first-order valence-corrected chi connectivity index (χ1v) is 6.99. The van der Waals surface area contributed by atoms with Crippen molar-refractivity contribution in [3.63, 3.8) is 0 Å². The molecule has 1 atom stereocenters. The van der Waals surface area contributed by atoms with Crippen molar-refractivity contribution in [2.75, 3.05) is 39.3 Å². The van der Waals surface area contributed by atoms with Gasteiger partial charge < -0.3 is 5.32 Å². The summed E-state index contributed by atoms with van der Waals surface area (Å²) in [5.74, 6) is 0. The minimum atomic E-state index is 0. The number of halogens is 1. The monoisotopic (exact) mass is 282 g/mol. The molecule has 3 rings (SSSR count). The molecule has 0 amide bonds. The van der Waals surface area contributed by atoms with Crippen molar-refractivity contribution in [3.05, 3.63) is 30.1 Å². The van der Waals surface area contributed by atoms with Crippen molar-refractivity contribution < 1.29 is 0 Å². The first-order valence-electron chi connectivity index (χ1n) is 6.99. The van der Waals surface area contributed by atoms with E-state index in [-0.39, 0.29) is 12.4 Å². The predicted octanol–water partition coefficient (Wildman–Crippen LogP) is 0.983. The Morgan fingerprint density at radius 2 is 2.05 bits per heavy atom. The smallest absolute Gasteiger partial charge is 0.0543 e. The van der Waals surface area contributed by atoms with Gasteiger partial charge in [-0.1, -0.05) is 6.07 Å². The molecule has 0 aromatic carbocycles. The summed E-state index contributed by atoms with van der Waals surface area (Å²) in [6.07, 6.45) is 3.20. The Morgan fingerprint density at radius 1 is 1.21 bits per heavy atom. The number of rotatable bonds is 3. The summed E-state index contributed by atoms with van der Waals surface area (Å²) in [6.45, 7) is 8.13. The molecule has 1 aromatic rings. The summed E-state index contributed by atoms with van der Waals surface area (Å²) in [5, 5.41) is 3.46. The topological polar surface area (TPSA) is 31.4 Å². The van der Waals surface area contributed by atoms with E-state index in [1.54, 1.807) is 0 Å². The third kappa shape index (κ3) is 3.89. The predicted molar refractivity (Wildman–Crippen MR) is 79.6 cm³/mol. The highest BCUT2D eigenvalue weighted by molar-refractivity contribution is 5.85. The lowest BCUT2D eigenvalue weighted by molar-refractivity contribution is 0.0973. The molecule has 0 radical (unpaired) electrons. The van der Waals surface area contributed by atoms with E-state index < -0.39 is 0 Å². The van der Waals surface area contributed by atoms with E-state index in [9.17, 15) is 0 Å². The number of piperazine rings is 1. The average Bonchev–Trinajstić information content (AvgIpc) is 2.95.